The molecule has 1 heterocycles. The summed E-state index contributed by atoms with van der Waals surface area (Å²) in [4.78, 5) is 14.0. The number of likely N-dealkylation sites (N-methyl/N-ethyl adjacent to an activating group) is 1. The van der Waals surface area contributed by atoms with Gasteiger partial charge in [-0.1, -0.05) is 30.3 Å². The normalized spacial score (nSPS) is 17.5. The molecule has 136 valence electrons. The van der Waals surface area contributed by atoms with Crippen molar-refractivity contribution in [1.29, 1.82) is 0 Å². The lowest BCUT2D eigenvalue weighted by Gasteiger charge is -2.24. The van der Waals surface area contributed by atoms with Gasteiger partial charge in [-0.25, -0.2) is 8.42 Å². The molecule has 1 saturated heterocycles. The van der Waals surface area contributed by atoms with E-state index in [2.05, 4.69) is 5.32 Å². The second kappa shape index (κ2) is 10.0. The molecule has 1 atom stereocenters. The standard InChI is InChI=1S/C17H26N2O3S.ClH/c1-18-13-16-10-5-11-19(16)17(20)14-23(21,22)12-6-9-15-7-3-2-4-8-15;/h2-4,7-8,16,18H,5-6,9-14H2,1H3;1H. The molecule has 0 spiro atoms. The van der Waals surface area contributed by atoms with Crippen molar-refractivity contribution < 1.29 is 13.2 Å². The predicted octanol–water partition coefficient (Wildman–Crippen LogP) is 1.67. The highest BCUT2D eigenvalue weighted by atomic mass is 35.5. The van der Waals surface area contributed by atoms with E-state index in [0.29, 0.717) is 13.0 Å². The Hall–Kier alpha value is -1.11. The van der Waals surface area contributed by atoms with Crippen molar-refractivity contribution >= 4 is 28.2 Å². The van der Waals surface area contributed by atoms with Crippen molar-refractivity contribution in [2.75, 3.05) is 31.6 Å². The van der Waals surface area contributed by atoms with Gasteiger partial charge in [0.1, 0.15) is 5.75 Å². The number of likely N-dealkylation sites (tertiary alicyclic amines) is 1. The van der Waals surface area contributed by atoms with Crippen LogP contribution in [-0.4, -0.2) is 56.9 Å². The van der Waals surface area contributed by atoms with Crippen molar-refractivity contribution in [1.82, 2.24) is 10.2 Å². The number of halogens is 1. The molecule has 0 saturated carbocycles. The quantitative estimate of drug-likeness (QED) is 0.751. The lowest BCUT2D eigenvalue weighted by atomic mass is 10.1. The Bertz CT molecular complexity index is 608. The Morgan fingerprint density at radius 1 is 1.29 bits per heavy atom. The molecule has 0 aliphatic carbocycles. The first-order chi connectivity index (χ1) is 11.0. The van der Waals surface area contributed by atoms with Crippen molar-refractivity contribution in [3.63, 3.8) is 0 Å². The van der Waals surface area contributed by atoms with Crippen molar-refractivity contribution in [3.05, 3.63) is 35.9 Å². The van der Waals surface area contributed by atoms with Crippen LogP contribution in [0.15, 0.2) is 30.3 Å². The van der Waals surface area contributed by atoms with Crippen LogP contribution in [0.25, 0.3) is 0 Å². The Balaban J connectivity index is 0.00000288. The van der Waals surface area contributed by atoms with Crippen LogP contribution in [0.2, 0.25) is 0 Å². The van der Waals surface area contributed by atoms with Gasteiger partial charge in [0.25, 0.3) is 0 Å². The number of nitrogens with one attached hydrogen (secondary N) is 1. The van der Waals surface area contributed by atoms with E-state index in [1.165, 1.54) is 0 Å². The van der Waals surface area contributed by atoms with E-state index in [1.807, 2.05) is 37.4 Å². The molecular formula is C17H27ClN2O3S. The van der Waals surface area contributed by atoms with Crippen LogP contribution in [-0.2, 0) is 21.1 Å². The van der Waals surface area contributed by atoms with Gasteiger partial charge in [0.2, 0.25) is 5.91 Å². The number of hydrogen-bond donors (Lipinski definition) is 1. The molecule has 0 bridgehead atoms. The number of carbonyl (C=O) groups excluding carboxylic acids is 1. The lowest BCUT2D eigenvalue weighted by Crippen LogP contribution is -2.43. The largest absolute Gasteiger partial charge is 0.338 e. The molecule has 0 radical (unpaired) electrons. The molecular weight excluding hydrogens is 348 g/mol. The second-order valence-electron chi connectivity index (χ2n) is 6.12. The van der Waals surface area contributed by atoms with Crippen molar-refractivity contribution in [3.8, 4) is 0 Å². The van der Waals surface area contributed by atoms with Gasteiger partial charge < -0.3 is 10.2 Å². The maximum absolute atomic E-state index is 12.3. The zero-order valence-corrected chi connectivity index (χ0v) is 15.7. The average Bonchev–Trinajstić information content (AvgIpc) is 2.96. The van der Waals surface area contributed by atoms with E-state index in [0.717, 1.165) is 31.4 Å². The minimum Gasteiger partial charge on any atom is -0.338 e. The monoisotopic (exact) mass is 374 g/mol. The number of sulfone groups is 1. The van der Waals surface area contributed by atoms with Gasteiger partial charge in [-0.3, -0.25) is 4.79 Å². The molecule has 2 rings (SSSR count). The van der Waals surface area contributed by atoms with E-state index < -0.39 is 9.84 Å². The number of nitrogens with zero attached hydrogens (tertiary/aromatic N) is 1. The summed E-state index contributed by atoms with van der Waals surface area (Å²) in [5, 5.41) is 3.07. The van der Waals surface area contributed by atoms with Gasteiger partial charge in [-0.05, 0) is 38.3 Å². The first-order valence-corrected chi connectivity index (χ1v) is 10.0. The number of hydrogen-bond acceptors (Lipinski definition) is 4. The molecule has 1 aromatic rings. The van der Waals surface area contributed by atoms with Crippen LogP contribution >= 0.6 is 12.4 Å². The van der Waals surface area contributed by atoms with Crippen LogP contribution in [0.3, 0.4) is 0 Å². The molecule has 7 heteroatoms. The smallest absolute Gasteiger partial charge is 0.238 e. The summed E-state index contributed by atoms with van der Waals surface area (Å²) in [6.45, 7) is 1.39. The Labute approximate surface area is 151 Å². The van der Waals surface area contributed by atoms with Gasteiger partial charge in [-0.15, -0.1) is 12.4 Å². The summed E-state index contributed by atoms with van der Waals surface area (Å²) < 4.78 is 24.4. The topological polar surface area (TPSA) is 66.5 Å². The molecule has 1 aliphatic heterocycles. The number of rotatable bonds is 8. The maximum atomic E-state index is 12.3. The minimum absolute atomic E-state index is 0. The Kier molecular flexibility index (Phi) is 8.73. The fourth-order valence-corrected chi connectivity index (χ4v) is 4.37. The predicted molar refractivity (Wildman–Crippen MR) is 99.3 cm³/mol. The zero-order valence-electron chi connectivity index (χ0n) is 14.1. The zero-order chi connectivity index (χ0) is 16.7. The number of amides is 1. The molecule has 1 fully saturated rings. The van der Waals surface area contributed by atoms with Crippen molar-refractivity contribution in [2.24, 2.45) is 0 Å². The molecule has 1 unspecified atom stereocenters. The van der Waals surface area contributed by atoms with E-state index in [9.17, 15) is 13.2 Å². The average molecular weight is 375 g/mol. The number of aryl methyl sites for hydroxylation is 1. The summed E-state index contributed by atoms with van der Waals surface area (Å²) in [6.07, 6.45) is 3.17. The molecule has 0 aromatic heterocycles. The third-order valence-corrected chi connectivity index (χ3v) is 5.84. The van der Waals surface area contributed by atoms with E-state index >= 15 is 0 Å². The number of benzene rings is 1. The fraction of sp³-hybridized carbons (Fsp3) is 0.588. The van der Waals surface area contributed by atoms with Crippen LogP contribution in [0.1, 0.15) is 24.8 Å². The molecule has 1 aliphatic rings. The fourth-order valence-electron chi connectivity index (χ4n) is 3.10. The SMILES string of the molecule is CNCC1CCCN1C(=O)CS(=O)(=O)CCCc1ccccc1.Cl. The van der Waals surface area contributed by atoms with Gasteiger partial charge in [0, 0.05) is 19.1 Å². The number of carbonyl (C=O) groups is 1. The van der Waals surface area contributed by atoms with Gasteiger partial charge in [0.05, 0.1) is 5.75 Å². The van der Waals surface area contributed by atoms with Crippen molar-refractivity contribution in [2.45, 2.75) is 31.7 Å². The van der Waals surface area contributed by atoms with Crippen LogP contribution < -0.4 is 5.32 Å². The lowest BCUT2D eigenvalue weighted by molar-refractivity contribution is -0.129. The minimum atomic E-state index is -3.34. The third kappa shape index (κ3) is 6.42. The first kappa shape index (κ1) is 20.9. The maximum Gasteiger partial charge on any atom is 0.238 e. The second-order valence-corrected chi connectivity index (χ2v) is 8.31. The summed E-state index contributed by atoms with van der Waals surface area (Å²) in [6, 6.07) is 9.95. The van der Waals surface area contributed by atoms with Crippen LogP contribution in [0.4, 0.5) is 0 Å². The molecule has 1 amide bonds. The van der Waals surface area contributed by atoms with Crippen LogP contribution in [0, 0.1) is 0 Å². The Morgan fingerprint density at radius 3 is 2.67 bits per heavy atom. The highest BCUT2D eigenvalue weighted by Crippen LogP contribution is 2.17. The summed E-state index contributed by atoms with van der Waals surface area (Å²) in [5.41, 5.74) is 1.13. The van der Waals surface area contributed by atoms with Crippen LogP contribution in [0.5, 0.6) is 0 Å². The molecule has 5 nitrogen and oxygen atoms in total. The summed E-state index contributed by atoms with van der Waals surface area (Å²) in [5.74, 6) is -0.539. The molecule has 24 heavy (non-hydrogen) atoms. The van der Waals surface area contributed by atoms with Gasteiger partial charge in [0.15, 0.2) is 9.84 Å². The Morgan fingerprint density at radius 2 is 2.00 bits per heavy atom. The van der Waals surface area contributed by atoms with E-state index in [1.54, 1.807) is 4.90 Å². The highest BCUT2D eigenvalue weighted by Gasteiger charge is 2.30. The molecule has 1 N–H and O–H groups in total. The van der Waals surface area contributed by atoms with E-state index in [4.69, 9.17) is 0 Å². The third-order valence-electron chi connectivity index (χ3n) is 4.24. The summed E-state index contributed by atoms with van der Waals surface area (Å²) >= 11 is 0. The van der Waals surface area contributed by atoms with Gasteiger partial charge >= 0.3 is 0 Å². The molecule has 1 aromatic carbocycles. The first-order valence-electron chi connectivity index (χ1n) is 8.20. The van der Waals surface area contributed by atoms with Gasteiger partial charge in [-0.2, -0.15) is 0 Å². The van der Waals surface area contributed by atoms with E-state index in [-0.39, 0.29) is 35.9 Å². The summed E-state index contributed by atoms with van der Waals surface area (Å²) in [7, 11) is -1.49. The highest BCUT2D eigenvalue weighted by molar-refractivity contribution is 7.92.